The Labute approximate surface area is 84.5 Å². The van der Waals surface area contributed by atoms with Crippen LogP contribution in [-0.4, -0.2) is 15.0 Å². The van der Waals surface area contributed by atoms with E-state index in [2.05, 4.69) is 15.0 Å². The Morgan fingerprint density at radius 2 is 2.21 bits per heavy atom. The van der Waals surface area contributed by atoms with Crippen molar-refractivity contribution in [3.8, 4) is 0 Å². The van der Waals surface area contributed by atoms with E-state index < -0.39 is 0 Å². The summed E-state index contributed by atoms with van der Waals surface area (Å²) in [5.74, 6) is 0.807. The van der Waals surface area contributed by atoms with Crippen molar-refractivity contribution in [3.63, 3.8) is 0 Å². The summed E-state index contributed by atoms with van der Waals surface area (Å²) in [5.41, 5.74) is 1.02. The Balaban J connectivity index is 2.58. The van der Waals surface area contributed by atoms with Crippen molar-refractivity contribution in [2.24, 2.45) is 0 Å². The van der Waals surface area contributed by atoms with E-state index in [1.165, 1.54) is 0 Å². The third-order valence-corrected chi connectivity index (χ3v) is 3.15. The zero-order valence-corrected chi connectivity index (χ0v) is 8.38. The van der Waals surface area contributed by atoms with E-state index in [-0.39, 0.29) is 0 Å². The molecule has 0 radical (unpaired) electrons. The predicted octanol–water partition coefficient (Wildman–Crippen LogP) is 2.55. The van der Waals surface area contributed by atoms with Gasteiger partial charge in [0.1, 0.15) is 10.7 Å². The number of thiophene rings is 1. The number of rotatable bonds is 0. The molecule has 0 fully saturated rings. The van der Waals surface area contributed by atoms with Crippen molar-refractivity contribution in [2.75, 3.05) is 0 Å². The summed E-state index contributed by atoms with van der Waals surface area (Å²) in [4.78, 5) is 13.9. The van der Waals surface area contributed by atoms with E-state index >= 15 is 0 Å². The number of aryl methyl sites for hydroxylation is 1. The maximum Gasteiger partial charge on any atom is 0.126 e. The molecule has 0 unspecified atom stereocenters. The summed E-state index contributed by atoms with van der Waals surface area (Å²) in [6, 6.07) is 3.99. The number of hydrogen-bond acceptors (Lipinski definition) is 4. The third-order valence-electron chi connectivity index (χ3n) is 2.11. The molecule has 3 heterocycles. The molecule has 0 saturated carbocycles. The lowest BCUT2D eigenvalue weighted by Crippen LogP contribution is -1.84. The van der Waals surface area contributed by atoms with Gasteiger partial charge in [-0.2, -0.15) is 0 Å². The largest absolute Gasteiger partial charge is 0.245 e. The highest BCUT2D eigenvalue weighted by Gasteiger charge is 2.06. The van der Waals surface area contributed by atoms with Crippen LogP contribution in [-0.2, 0) is 0 Å². The molecule has 0 bridgehead atoms. The second-order valence-corrected chi connectivity index (χ2v) is 4.12. The monoisotopic (exact) mass is 201 g/mol. The number of fused-ring (bicyclic) bond motifs is 3. The van der Waals surface area contributed by atoms with Crippen LogP contribution in [0, 0.1) is 6.92 Å². The lowest BCUT2D eigenvalue weighted by atomic mass is 10.3. The highest BCUT2D eigenvalue weighted by molar-refractivity contribution is 7.25. The third kappa shape index (κ3) is 1.01. The van der Waals surface area contributed by atoms with Gasteiger partial charge in [0.2, 0.25) is 0 Å². The lowest BCUT2D eigenvalue weighted by molar-refractivity contribution is 1.10. The molecule has 3 aromatic heterocycles. The Morgan fingerprint density at radius 3 is 3.14 bits per heavy atom. The summed E-state index contributed by atoms with van der Waals surface area (Å²) >= 11 is 1.63. The lowest BCUT2D eigenvalue weighted by Gasteiger charge is -1.91. The summed E-state index contributed by atoms with van der Waals surface area (Å²) < 4.78 is 1.10. The van der Waals surface area contributed by atoms with Gasteiger partial charge in [-0.05, 0) is 19.1 Å². The first kappa shape index (κ1) is 7.82. The summed E-state index contributed by atoms with van der Waals surface area (Å²) in [6.07, 6.45) is 3.67. The number of pyridine rings is 1. The average Bonchev–Trinajstić information content (AvgIpc) is 2.56. The average molecular weight is 201 g/mol. The molecule has 0 aromatic carbocycles. The number of aromatic nitrogens is 3. The second kappa shape index (κ2) is 2.72. The van der Waals surface area contributed by atoms with Gasteiger partial charge in [-0.25, -0.2) is 15.0 Å². The SMILES string of the molecule is Cc1ncc2sc3ncccc3c2n1. The predicted molar refractivity (Wildman–Crippen MR) is 57.5 cm³/mol. The molecular formula is C10H7N3S. The van der Waals surface area contributed by atoms with Gasteiger partial charge in [0.05, 0.1) is 10.2 Å². The smallest absolute Gasteiger partial charge is 0.126 e. The van der Waals surface area contributed by atoms with Crippen molar-refractivity contribution >= 4 is 31.8 Å². The van der Waals surface area contributed by atoms with Crippen molar-refractivity contribution in [1.29, 1.82) is 0 Å². The molecule has 0 aliphatic heterocycles. The van der Waals surface area contributed by atoms with Crippen LogP contribution < -0.4 is 0 Å². The minimum absolute atomic E-state index is 0.807. The summed E-state index contributed by atoms with van der Waals surface area (Å²) in [6.45, 7) is 1.90. The second-order valence-electron chi connectivity index (χ2n) is 3.09. The van der Waals surface area contributed by atoms with Gasteiger partial charge >= 0.3 is 0 Å². The van der Waals surface area contributed by atoms with Crippen LogP contribution in [0.25, 0.3) is 20.4 Å². The normalized spacial score (nSPS) is 11.2. The van der Waals surface area contributed by atoms with Crippen LogP contribution in [0.3, 0.4) is 0 Å². The Morgan fingerprint density at radius 1 is 1.29 bits per heavy atom. The van der Waals surface area contributed by atoms with Crippen molar-refractivity contribution in [2.45, 2.75) is 6.92 Å². The topological polar surface area (TPSA) is 38.7 Å². The first-order valence-electron chi connectivity index (χ1n) is 4.31. The highest BCUT2D eigenvalue weighted by atomic mass is 32.1. The summed E-state index contributed by atoms with van der Waals surface area (Å²) in [7, 11) is 0. The van der Waals surface area contributed by atoms with E-state index in [0.29, 0.717) is 0 Å². The molecule has 0 spiro atoms. The van der Waals surface area contributed by atoms with Crippen LogP contribution in [0.2, 0.25) is 0 Å². The van der Waals surface area contributed by atoms with Crippen molar-refractivity contribution < 1.29 is 0 Å². The standard InChI is InChI=1S/C10H7N3S/c1-6-12-5-8-9(13-6)7-3-2-4-11-10(7)14-8/h2-5H,1H3. The van der Waals surface area contributed by atoms with E-state index in [1.807, 2.05) is 25.3 Å². The first-order valence-corrected chi connectivity index (χ1v) is 5.13. The van der Waals surface area contributed by atoms with Gasteiger partial charge < -0.3 is 0 Å². The van der Waals surface area contributed by atoms with Crippen LogP contribution in [0.1, 0.15) is 5.82 Å². The van der Waals surface area contributed by atoms with Gasteiger partial charge in [-0.15, -0.1) is 11.3 Å². The van der Waals surface area contributed by atoms with Crippen LogP contribution in [0.4, 0.5) is 0 Å². The molecule has 3 aromatic rings. The van der Waals surface area contributed by atoms with Crippen LogP contribution in [0.5, 0.6) is 0 Å². The molecule has 0 atom stereocenters. The maximum absolute atomic E-state index is 4.42. The minimum atomic E-state index is 0.807. The summed E-state index contributed by atoms with van der Waals surface area (Å²) in [5, 5.41) is 1.12. The van der Waals surface area contributed by atoms with Crippen LogP contribution in [0.15, 0.2) is 24.5 Å². The fourth-order valence-corrected chi connectivity index (χ4v) is 2.44. The number of nitrogens with zero attached hydrogens (tertiary/aromatic N) is 3. The van der Waals surface area contributed by atoms with E-state index in [9.17, 15) is 0 Å². The van der Waals surface area contributed by atoms with Gasteiger partial charge in [0.25, 0.3) is 0 Å². The van der Waals surface area contributed by atoms with Gasteiger partial charge in [-0.3, -0.25) is 0 Å². The van der Waals surface area contributed by atoms with Crippen LogP contribution >= 0.6 is 11.3 Å². The minimum Gasteiger partial charge on any atom is -0.245 e. The van der Waals surface area contributed by atoms with E-state index in [1.54, 1.807) is 17.5 Å². The Hall–Kier alpha value is -1.55. The van der Waals surface area contributed by atoms with Gasteiger partial charge in [-0.1, -0.05) is 0 Å². The zero-order chi connectivity index (χ0) is 9.54. The Kier molecular flexibility index (Phi) is 1.52. The fourth-order valence-electron chi connectivity index (χ4n) is 1.48. The highest BCUT2D eigenvalue weighted by Crippen LogP contribution is 2.29. The molecule has 68 valence electrons. The quantitative estimate of drug-likeness (QED) is 0.561. The molecule has 0 saturated heterocycles. The Bertz CT molecular complexity index is 615. The van der Waals surface area contributed by atoms with Gasteiger partial charge in [0, 0.05) is 17.8 Å². The zero-order valence-electron chi connectivity index (χ0n) is 7.56. The molecule has 3 rings (SSSR count). The maximum atomic E-state index is 4.42. The molecule has 3 nitrogen and oxygen atoms in total. The fraction of sp³-hybridized carbons (Fsp3) is 0.100. The van der Waals surface area contributed by atoms with Crippen molar-refractivity contribution in [3.05, 3.63) is 30.4 Å². The molecule has 0 aliphatic rings. The molecular weight excluding hydrogens is 194 g/mol. The molecule has 0 N–H and O–H groups in total. The molecule has 14 heavy (non-hydrogen) atoms. The molecule has 0 aliphatic carbocycles. The van der Waals surface area contributed by atoms with E-state index in [4.69, 9.17) is 0 Å². The number of hydrogen-bond donors (Lipinski definition) is 0. The molecule has 0 amide bonds. The van der Waals surface area contributed by atoms with E-state index in [0.717, 1.165) is 26.3 Å². The molecule has 4 heteroatoms. The van der Waals surface area contributed by atoms with Crippen molar-refractivity contribution in [1.82, 2.24) is 15.0 Å². The van der Waals surface area contributed by atoms with Gasteiger partial charge in [0.15, 0.2) is 0 Å². The first-order chi connectivity index (χ1) is 6.84.